The molecule has 16 heavy (non-hydrogen) atoms. The molecule has 0 atom stereocenters. The molecule has 1 saturated heterocycles. The van der Waals surface area contributed by atoms with Gasteiger partial charge in [-0.2, -0.15) is 0 Å². The van der Waals surface area contributed by atoms with Crippen LogP contribution in [0.15, 0.2) is 0 Å². The van der Waals surface area contributed by atoms with Crippen molar-refractivity contribution in [3.8, 4) is 0 Å². The molecule has 3 nitrogen and oxygen atoms in total. The van der Waals surface area contributed by atoms with Crippen molar-refractivity contribution in [3.05, 3.63) is 0 Å². The van der Waals surface area contributed by atoms with Gasteiger partial charge in [-0.1, -0.05) is 0 Å². The molecule has 0 unspecified atom stereocenters. The summed E-state index contributed by atoms with van der Waals surface area (Å²) >= 11 is 0. The Kier molecular flexibility index (Phi) is 5.07. The van der Waals surface area contributed by atoms with Crippen molar-refractivity contribution in [2.24, 2.45) is 5.92 Å². The van der Waals surface area contributed by atoms with Gasteiger partial charge in [-0.15, -0.1) is 0 Å². The fourth-order valence-corrected chi connectivity index (χ4v) is 2.51. The van der Waals surface area contributed by atoms with Crippen molar-refractivity contribution in [2.75, 3.05) is 39.9 Å². The normalized spacial score (nSPS) is 23.8. The Hall–Kier alpha value is -0.120. The van der Waals surface area contributed by atoms with Crippen LogP contribution in [0.2, 0.25) is 0 Å². The summed E-state index contributed by atoms with van der Waals surface area (Å²) in [6.07, 6.45) is 6.77. The van der Waals surface area contributed by atoms with E-state index in [-0.39, 0.29) is 0 Å². The molecule has 2 rings (SSSR count). The van der Waals surface area contributed by atoms with Crippen molar-refractivity contribution in [2.45, 2.75) is 38.1 Å². The molecule has 0 spiro atoms. The fraction of sp³-hybridized carbons (Fsp3) is 1.00. The van der Waals surface area contributed by atoms with E-state index in [1.807, 2.05) is 0 Å². The Morgan fingerprint density at radius 1 is 1.19 bits per heavy atom. The van der Waals surface area contributed by atoms with E-state index in [2.05, 4.69) is 10.2 Å². The number of methoxy groups -OCH3 is 1. The number of nitrogens with zero attached hydrogens (tertiary/aromatic N) is 1. The van der Waals surface area contributed by atoms with Crippen molar-refractivity contribution < 1.29 is 4.74 Å². The van der Waals surface area contributed by atoms with Crippen molar-refractivity contribution in [1.29, 1.82) is 0 Å². The van der Waals surface area contributed by atoms with E-state index in [0.29, 0.717) is 0 Å². The van der Waals surface area contributed by atoms with Crippen LogP contribution in [-0.4, -0.2) is 50.8 Å². The highest BCUT2D eigenvalue weighted by Gasteiger charge is 2.26. The smallest absolute Gasteiger partial charge is 0.0474 e. The summed E-state index contributed by atoms with van der Waals surface area (Å²) in [6.45, 7) is 5.97. The van der Waals surface area contributed by atoms with Gasteiger partial charge in [0.05, 0.1) is 0 Å². The minimum Gasteiger partial charge on any atom is -0.385 e. The maximum atomic E-state index is 5.05. The van der Waals surface area contributed by atoms with E-state index in [1.165, 1.54) is 45.3 Å². The van der Waals surface area contributed by atoms with Gasteiger partial charge < -0.3 is 15.0 Å². The summed E-state index contributed by atoms with van der Waals surface area (Å²) in [5.41, 5.74) is 0. The van der Waals surface area contributed by atoms with Crippen LogP contribution in [0.3, 0.4) is 0 Å². The van der Waals surface area contributed by atoms with Gasteiger partial charge in [0, 0.05) is 26.3 Å². The Bertz CT molecular complexity index is 186. The van der Waals surface area contributed by atoms with Gasteiger partial charge in [0.25, 0.3) is 0 Å². The Morgan fingerprint density at radius 3 is 2.56 bits per heavy atom. The molecule has 1 heterocycles. The molecular weight excluding hydrogens is 200 g/mol. The largest absolute Gasteiger partial charge is 0.385 e. The van der Waals surface area contributed by atoms with Gasteiger partial charge in [0.1, 0.15) is 0 Å². The maximum Gasteiger partial charge on any atom is 0.0474 e. The summed E-state index contributed by atoms with van der Waals surface area (Å²) in [7, 11) is 1.77. The van der Waals surface area contributed by atoms with Gasteiger partial charge in [-0.05, 0) is 57.7 Å². The van der Waals surface area contributed by atoms with Crippen LogP contribution in [0, 0.1) is 5.92 Å². The molecule has 1 aliphatic heterocycles. The van der Waals surface area contributed by atoms with Gasteiger partial charge in [-0.25, -0.2) is 0 Å². The van der Waals surface area contributed by atoms with E-state index in [4.69, 9.17) is 4.74 Å². The second kappa shape index (κ2) is 6.58. The van der Waals surface area contributed by atoms with Gasteiger partial charge in [0.2, 0.25) is 0 Å². The lowest BCUT2D eigenvalue weighted by atomic mass is 10.0. The van der Waals surface area contributed by atoms with Gasteiger partial charge in [-0.3, -0.25) is 0 Å². The highest BCUT2D eigenvalue weighted by Crippen LogP contribution is 2.30. The van der Waals surface area contributed by atoms with Crippen LogP contribution in [-0.2, 0) is 4.74 Å². The molecule has 0 aromatic carbocycles. The highest BCUT2D eigenvalue weighted by atomic mass is 16.5. The first-order chi connectivity index (χ1) is 7.88. The quantitative estimate of drug-likeness (QED) is 0.666. The molecule has 1 saturated carbocycles. The zero-order valence-electron chi connectivity index (χ0n) is 10.6. The standard InChI is InChI=1S/C13H26N2O/c1-16-10-2-7-14-13-5-8-15(9-6-13)11-12-3-4-12/h12-14H,2-11H2,1H3. The Labute approximate surface area is 99.5 Å². The highest BCUT2D eigenvalue weighted by molar-refractivity contribution is 4.82. The van der Waals surface area contributed by atoms with E-state index in [0.717, 1.165) is 31.5 Å². The molecule has 1 N–H and O–H groups in total. The molecule has 1 aliphatic carbocycles. The zero-order valence-corrected chi connectivity index (χ0v) is 10.6. The monoisotopic (exact) mass is 226 g/mol. The number of hydrogen-bond donors (Lipinski definition) is 1. The first-order valence-corrected chi connectivity index (χ1v) is 6.83. The second-order valence-electron chi connectivity index (χ2n) is 5.32. The van der Waals surface area contributed by atoms with Crippen LogP contribution < -0.4 is 5.32 Å². The van der Waals surface area contributed by atoms with Gasteiger partial charge >= 0.3 is 0 Å². The summed E-state index contributed by atoms with van der Waals surface area (Å²) in [6, 6.07) is 0.757. The minimum atomic E-state index is 0.757. The van der Waals surface area contributed by atoms with Crippen molar-refractivity contribution in [1.82, 2.24) is 10.2 Å². The Balaban J connectivity index is 1.50. The SMILES string of the molecule is COCCCNC1CCN(CC2CC2)CC1. The van der Waals surface area contributed by atoms with E-state index < -0.39 is 0 Å². The molecule has 0 amide bonds. The summed E-state index contributed by atoms with van der Waals surface area (Å²) in [5.74, 6) is 1.05. The Morgan fingerprint density at radius 2 is 1.94 bits per heavy atom. The third kappa shape index (κ3) is 4.40. The number of rotatable bonds is 7. The first kappa shape index (κ1) is 12.3. The predicted octanol–water partition coefficient (Wildman–Crippen LogP) is 1.49. The number of nitrogens with one attached hydrogen (secondary N) is 1. The molecular formula is C13H26N2O. The molecule has 0 bridgehead atoms. The summed E-state index contributed by atoms with van der Waals surface area (Å²) in [4.78, 5) is 2.66. The van der Waals surface area contributed by atoms with Crippen LogP contribution in [0.25, 0.3) is 0 Å². The van der Waals surface area contributed by atoms with Gasteiger partial charge in [0.15, 0.2) is 0 Å². The van der Waals surface area contributed by atoms with Crippen LogP contribution >= 0.6 is 0 Å². The fourth-order valence-electron chi connectivity index (χ4n) is 2.51. The minimum absolute atomic E-state index is 0.757. The molecule has 3 heteroatoms. The van der Waals surface area contributed by atoms with Crippen molar-refractivity contribution >= 4 is 0 Å². The van der Waals surface area contributed by atoms with Crippen LogP contribution in [0.4, 0.5) is 0 Å². The maximum absolute atomic E-state index is 5.05. The molecule has 0 radical (unpaired) electrons. The third-order valence-corrected chi connectivity index (χ3v) is 3.76. The number of piperidine rings is 1. The topological polar surface area (TPSA) is 24.5 Å². The first-order valence-electron chi connectivity index (χ1n) is 6.83. The second-order valence-corrected chi connectivity index (χ2v) is 5.32. The van der Waals surface area contributed by atoms with E-state index in [9.17, 15) is 0 Å². The number of hydrogen-bond acceptors (Lipinski definition) is 3. The molecule has 0 aromatic rings. The molecule has 94 valence electrons. The number of ether oxygens (including phenoxy) is 1. The van der Waals surface area contributed by atoms with E-state index in [1.54, 1.807) is 7.11 Å². The third-order valence-electron chi connectivity index (χ3n) is 3.76. The van der Waals surface area contributed by atoms with Crippen LogP contribution in [0.5, 0.6) is 0 Å². The molecule has 0 aromatic heterocycles. The average Bonchev–Trinajstić information content (AvgIpc) is 3.11. The lowest BCUT2D eigenvalue weighted by molar-refractivity contribution is 0.177. The lowest BCUT2D eigenvalue weighted by Gasteiger charge is -2.32. The van der Waals surface area contributed by atoms with Crippen molar-refractivity contribution in [3.63, 3.8) is 0 Å². The number of likely N-dealkylation sites (tertiary alicyclic amines) is 1. The molecule has 2 fully saturated rings. The van der Waals surface area contributed by atoms with E-state index >= 15 is 0 Å². The lowest BCUT2D eigenvalue weighted by Crippen LogP contribution is -2.43. The zero-order chi connectivity index (χ0) is 11.2. The predicted molar refractivity (Wildman–Crippen MR) is 66.7 cm³/mol. The average molecular weight is 226 g/mol. The summed E-state index contributed by atoms with van der Waals surface area (Å²) < 4.78 is 5.05. The molecule has 2 aliphatic rings. The summed E-state index contributed by atoms with van der Waals surface area (Å²) in [5, 5.41) is 3.64. The van der Waals surface area contributed by atoms with Crippen LogP contribution in [0.1, 0.15) is 32.1 Å².